The average Bonchev–Trinajstić information content (AvgIpc) is 3.90. The van der Waals surface area contributed by atoms with Crippen LogP contribution in [0.25, 0.3) is 44.5 Å². The molecule has 0 unspecified atom stereocenters. The van der Waals surface area contributed by atoms with Gasteiger partial charge in [-0.1, -0.05) is 188 Å². The third-order valence-electron chi connectivity index (χ3n) is 13.2. The van der Waals surface area contributed by atoms with Crippen molar-refractivity contribution in [1.29, 1.82) is 0 Å². The van der Waals surface area contributed by atoms with Gasteiger partial charge in [0.2, 0.25) is 0 Å². The van der Waals surface area contributed by atoms with Gasteiger partial charge >= 0.3 is 0 Å². The molecule has 9 aromatic rings. The zero-order valence-corrected chi connectivity index (χ0v) is 31.8. The molecule has 0 bridgehead atoms. The summed E-state index contributed by atoms with van der Waals surface area (Å²) in [6.45, 7) is 0. The highest BCUT2D eigenvalue weighted by molar-refractivity contribution is 7.24. The fraction of sp³-hybridized carbons (Fsp3) is 0.0182. The molecule has 0 N–H and O–H groups in total. The van der Waals surface area contributed by atoms with Gasteiger partial charge in [0.15, 0.2) is 8.07 Å². The molecule has 0 radical (unpaired) electrons. The summed E-state index contributed by atoms with van der Waals surface area (Å²) in [5, 5.41) is 5.28. The van der Waals surface area contributed by atoms with Gasteiger partial charge in [0.25, 0.3) is 0 Å². The summed E-state index contributed by atoms with van der Waals surface area (Å²) in [5.41, 5.74) is 14.1. The lowest BCUT2D eigenvalue weighted by molar-refractivity contribution is 0.752. The Morgan fingerprint density at radius 1 is 0.351 bits per heavy atom. The molecule has 1 aliphatic carbocycles. The van der Waals surface area contributed by atoms with Crippen LogP contribution in [0.2, 0.25) is 0 Å². The molecule has 13 rings (SSSR count). The summed E-state index contributed by atoms with van der Waals surface area (Å²) < 4.78 is 39.3. The number of fused-ring (bicyclic) bond motifs is 19. The average molecular weight is 742 g/mol. The summed E-state index contributed by atoms with van der Waals surface area (Å²) in [6, 6.07) is 66.4. The molecular weight excluding hydrogens is 703 g/mol. The molecule has 57 heavy (non-hydrogen) atoms. The highest BCUT2D eigenvalue weighted by atomic mass is 28.3. The van der Waals surface area contributed by atoms with E-state index in [2.05, 4.69) is 170 Å². The molecule has 0 amide bonds. The summed E-state index contributed by atoms with van der Waals surface area (Å²) >= 11 is 0. The van der Waals surface area contributed by atoms with Crippen molar-refractivity contribution in [2.24, 2.45) is 0 Å². The molecule has 0 saturated carbocycles. The zero-order chi connectivity index (χ0) is 40.8. The van der Waals surface area contributed by atoms with E-state index < -0.39 is 13.5 Å². The lowest BCUT2D eigenvalue weighted by atomic mass is 9.64. The fourth-order valence-electron chi connectivity index (χ4n) is 11.1. The number of hydrogen-bond donors (Lipinski definition) is 0. The van der Waals surface area contributed by atoms with Gasteiger partial charge in [-0.25, -0.2) is 0 Å². The molecule has 4 aliphatic rings. The van der Waals surface area contributed by atoms with E-state index in [0.29, 0.717) is 11.1 Å². The van der Waals surface area contributed by atoms with Crippen LogP contribution in [0.1, 0.15) is 27.7 Å². The minimum atomic E-state index is -2.79. The van der Waals surface area contributed by atoms with E-state index in [1.54, 1.807) is 0 Å². The van der Waals surface area contributed by atoms with E-state index in [1.165, 1.54) is 65.3 Å². The largest absolute Gasteiger partial charge is 0.310 e. The van der Waals surface area contributed by atoms with Crippen molar-refractivity contribution in [1.82, 2.24) is 0 Å². The normalized spacial score (nSPS) is 15.9. The first-order valence-electron chi connectivity index (χ1n) is 21.7. The first-order chi connectivity index (χ1) is 30.0. The molecule has 3 aliphatic heterocycles. The first kappa shape index (κ1) is 27.6. The SMILES string of the molecule is [2H]c1c([2H])c(N2c3ccccc3C3(c4ccccc4-c4ccccc43)c3ccccc32)c([2H])c([2H])c1-c1ccc2c(c1)[Si]1(c3ccccc3-c3ccccc31)c1ccccc1-2. The van der Waals surface area contributed by atoms with Gasteiger partial charge in [0, 0.05) is 5.69 Å². The van der Waals surface area contributed by atoms with Crippen LogP contribution in [-0.2, 0) is 5.41 Å². The van der Waals surface area contributed by atoms with Crippen LogP contribution in [0, 0.1) is 0 Å². The monoisotopic (exact) mass is 741 g/mol. The maximum absolute atomic E-state index is 9.87. The number of para-hydroxylation sites is 2. The van der Waals surface area contributed by atoms with Crippen LogP contribution in [0.15, 0.2) is 212 Å². The van der Waals surface area contributed by atoms with E-state index in [9.17, 15) is 5.48 Å². The summed E-state index contributed by atoms with van der Waals surface area (Å²) in [4.78, 5) is 1.98. The Labute approximate surface area is 339 Å². The van der Waals surface area contributed by atoms with Gasteiger partial charge in [0.05, 0.1) is 22.3 Å². The van der Waals surface area contributed by atoms with Crippen molar-refractivity contribution >= 4 is 45.9 Å². The molecule has 0 saturated heterocycles. The molecule has 264 valence electrons. The van der Waals surface area contributed by atoms with Gasteiger partial charge in [-0.05, 0) is 112 Å². The highest BCUT2D eigenvalue weighted by Gasteiger charge is 2.54. The zero-order valence-electron chi connectivity index (χ0n) is 34.8. The van der Waals surface area contributed by atoms with Crippen molar-refractivity contribution in [2.75, 3.05) is 4.90 Å². The van der Waals surface area contributed by atoms with Crippen LogP contribution >= 0.6 is 0 Å². The van der Waals surface area contributed by atoms with Crippen LogP contribution in [0.3, 0.4) is 0 Å². The number of anilines is 3. The van der Waals surface area contributed by atoms with Crippen LogP contribution in [0.5, 0.6) is 0 Å². The van der Waals surface area contributed by atoms with Crippen molar-refractivity contribution < 1.29 is 5.48 Å². The molecule has 0 fully saturated rings. The standard InChI is InChI=1S/C55H35NSi/c1-6-20-45-39(15-1)40-16-2-7-21-46(40)55(45)47-22-8-10-24-49(47)56(50-25-11-9-23-48(50)55)38-32-29-36(30-33-38)37-31-34-44-43-19-5-14-28-53(43)57(54(44)35-37)51-26-12-3-17-41(51)42-18-4-13-27-52(42)57/h1-35H/i29D,30D,32D,33D. The molecule has 2 heteroatoms. The second kappa shape index (κ2) is 11.3. The van der Waals surface area contributed by atoms with Gasteiger partial charge < -0.3 is 4.90 Å². The lowest BCUT2D eigenvalue weighted by Crippen LogP contribution is -2.70. The molecule has 2 spiro atoms. The Morgan fingerprint density at radius 3 is 1.26 bits per heavy atom. The maximum atomic E-state index is 9.87. The van der Waals surface area contributed by atoms with Crippen LogP contribution < -0.4 is 25.6 Å². The van der Waals surface area contributed by atoms with Gasteiger partial charge in [-0.2, -0.15) is 0 Å². The van der Waals surface area contributed by atoms with Crippen LogP contribution in [-0.4, -0.2) is 8.07 Å². The first-order valence-corrected chi connectivity index (χ1v) is 21.7. The van der Waals surface area contributed by atoms with Gasteiger partial charge in [-0.15, -0.1) is 0 Å². The number of hydrogen-bond acceptors (Lipinski definition) is 1. The highest BCUT2D eigenvalue weighted by Crippen LogP contribution is 2.63. The lowest BCUT2D eigenvalue weighted by Gasteiger charge is -2.45. The predicted octanol–water partition coefficient (Wildman–Crippen LogP) is 10.8. The molecule has 1 nitrogen and oxygen atoms in total. The van der Waals surface area contributed by atoms with E-state index in [4.69, 9.17) is 0 Å². The third-order valence-corrected chi connectivity index (χ3v) is 18.1. The van der Waals surface area contributed by atoms with Crippen molar-refractivity contribution in [2.45, 2.75) is 5.41 Å². The summed E-state index contributed by atoms with van der Waals surface area (Å²) in [5.74, 6) is 0. The maximum Gasteiger partial charge on any atom is 0.182 e. The number of benzene rings is 9. The third kappa shape index (κ3) is 3.79. The van der Waals surface area contributed by atoms with Crippen molar-refractivity contribution in [3.05, 3.63) is 234 Å². The topological polar surface area (TPSA) is 3.24 Å². The smallest absolute Gasteiger partial charge is 0.182 e. The van der Waals surface area contributed by atoms with Gasteiger partial charge in [-0.3, -0.25) is 0 Å². The summed E-state index contributed by atoms with van der Waals surface area (Å²) in [6.07, 6.45) is 0. The summed E-state index contributed by atoms with van der Waals surface area (Å²) in [7, 11) is -2.79. The molecule has 0 atom stereocenters. The number of rotatable bonds is 2. The van der Waals surface area contributed by atoms with Crippen molar-refractivity contribution in [3.63, 3.8) is 0 Å². The second-order valence-corrected chi connectivity index (χ2v) is 19.2. The van der Waals surface area contributed by atoms with E-state index in [-0.39, 0.29) is 29.9 Å². The number of nitrogens with zero attached hydrogens (tertiary/aromatic N) is 1. The Hall–Kier alpha value is -7.00. The van der Waals surface area contributed by atoms with Crippen molar-refractivity contribution in [3.8, 4) is 44.5 Å². The molecular formula is C55H35NSi. The Morgan fingerprint density at radius 2 is 0.754 bits per heavy atom. The van der Waals surface area contributed by atoms with Gasteiger partial charge in [0.1, 0.15) is 0 Å². The van der Waals surface area contributed by atoms with E-state index in [0.717, 1.165) is 22.5 Å². The molecule has 0 aromatic heterocycles. The molecule has 3 heterocycles. The Kier molecular flexibility index (Phi) is 5.46. The predicted molar refractivity (Wildman–Crippen MR) is 239 cm³/mol. The minimum Gasteiger partial charge on any atom is -0.310 e. The molecule has 9 aromatic carbocycles. The quantitative estimate of drug-likeness (QED) is 0.160. The van der Waals surface area contributed by atoms with E-state index >= 15 is 0 Å². The van der Waals surface area contributed by atoms with E-state index in [1.807, 2.05) is 23.1 Å². The Bertz CT molecular complexity index is 3220. The Balaban J connectivity index is 1.04. The van der Waals surface area contributed by atoms with Crippen LogP contribution in [0.4, 0.5) is 17.1 Å². The fourth-order valence-corrected chi connectivity index (χ4v) is 16.8. The minimum absolute atomic E-state index is 0.0544. The second-order valence-electron chi connectivity index (χ2n) is 15.6.